The third-order valence-corrected chi connectivity index (χ3v) is 5.60. The number of hydrogen-bond donors (Lipinski definition) is 2. The maximum Gasteiger partial charge on any atom is 0.275 e. The van der Waals surface area contributed by atoms with Crippen LogP contribution in [-0.4, -0.2) is 26.8 Å². The fourth-order valence-corrected chi connectivity index (χ4v) is 4.09. The van der Waals surface area contributed by atoms with Gasteiger partial charge in [0.25, 0.3) is 5.91 Å². The van der Waals surface area contributed by atoms with Gasteiger partial charge in [-0.3, -0.25) is 14.6 Å². The number of nitrogens with zero attached hydrogens (tertiary/aromatic N) is 3. The summed E-state index contributed by atoms with van der Waals surface area (Å²) in [5.74, 6) is -0.180. The molecule has 2 aromatic heterocycles. The van der Waals surface area contributed by atoms with Crippen LogP contribution in [0.4, 0.5) is 10.8 Å². The van der Waals surface area contributed by atoms with Crippen molar-refractivity contribution in [3.05, 3.63) is 42.5 Å². The van der Waals surface area contributed by atoms with Gasteiger partial charge >= 0.3 is 0 Å². The zero-order chi connectivity index (χ0) is 18.6. The summed E-state index contributed by atoms with van der Waals surface area (Å²) in [6.07, 6.45) is 9.76. The molecule has 0 bridgehead atoms. The van der Waals surface area contributed by atoms with Crippen LogP contribution >= 0.6 is 11.3 Å². The van der Waals surface area contributed by atoms with Crippen molar-refractivity contribution in [3.8, 4) is 0 Å². The van der Waals surface area contributed by atoms with E-state index in [0.29, 0.717) is 10.8 Å². The SMILES string of the molecule is O=C(Nc1ccc2sc(NC(=O)C3CCCCC3)nc2c1)c1cnccn1. The molecule has 0 spiro atoms. The maximum absolute atomic E-state index is 12.4. The quantitative estimate of drug-likeness (QED) is 0.715. The Morgan fingerprint density at radius 2 is 1.93 bits per heavy atom. The van der Waals surface area contributed by atoms with Gasteiger partial charge in [0.2, 0.25) is 5.91 Å². The van der Waals surface area contributed by atoms with E-state index in [1.54, 1.807) is 6.07 Å². The molecule has 0 radical (unpaired) electrons. The third kappa shape index (κ3) is 4.11. The van der Waals surface area contributed by atoms with Gasteiger partial charge in [-0.2, -0.15) is 0 Å². The number of thiazole rings is 1. The summed E-state index contributed by atoms with van der Waals surface area (Å²) in [5.41, 5.74) is 1.60. The lowest BCUT2D eigenvalue weighted by Crippen LogP contribution is -2.24. The van der Waals surface area contributed by atoms with Crippen LogP contribution in [0.5, 0.6) is 0 Å². The molecule has 2 amide bonds. The fraction of sp³-hybridized carbons (Fsp3) is 0.316. The van der Waals surface area contributed by atoms with Crippen molar-refractivity contribution in [2.24, 2.45) is 5.92 Å². The molecule has 1 aliphatic carbocycles. The highest BCUT2D eigenvalue weighted by Gasteiger charge is 2.22. The molecule has 0 atom stereocenters. The average molecular weight is 381 g/mol. The number of aromatic nitrogens is 3. The summed E-state index contributed by atoms with van der Waals surface area (Å²) >= 11 is 1.44. The zero-order valence-corrected chi connectivity index (χ0v) is 15.5. The van der Waals surface area contributed by atoms with Gasteiger partial charge in [0, 0.05) is 24.0 Å². The van der Waals surface area contributed by atoms with Crippen LogP contribution in [0, 0.1) is 5.92 Å². The number of benzene rings is 1. The van der Waals surface area contributed by atoms with E-state index in [1.807, 2.05) is 12.1 Å². The van der Waals surface area contributed by atoms with E-state index in [2.05, 4.69) is 25.6 Å². The second-order valence-corrected chi connectivity index (χ2v) is 7.60. The fourth-order valence-electron chi connectivity index (χ4n) is 3.24. The van der Waals surface area contributed by atoms with E-state index in [4.69, 9.17) is 0 Å². The summed E-state index contributed by atoms with van der Waals surface area (Å²) in [4.78, 5) is 37.0. The van der Waals surface area contributed by atoms with Crippen LogP contribution in [0.2, 0.25) is 0 Å². The average Bonchev–Trinajstić information content (AvgIpc) is 3.10. The smallest absolute Gasteiger partial charge is 0.275 e. The predicted molar refractivity (Wildman–Crippen MR) is 105 cm³/mol. The van der Waals surface area contributed by atoms with E-state index in [-0.39, 0.29) is 23.4 Å². The van der Waals surface area contributed by atoms with Crippen LogP contribution in [-0.2, 0) is 4.79 Å². The number of amides is 2. The molecular formula is C19H19N5O2S. The molecule has 1 saturated carbocycles. The van der Waals surface area contributed by atoms with Gasteiger partial charge in [0.05, 0.1) is 16.4 Å². The highest BCUT2D eigenvalue weighted by atomic mass is 32.1. The zero-order valence-electron chi connectivity index (χ0n) is 14.6. The molecule has 2 heterocycles. The Labute approximate surface area is 160 Å². The first-order valence-corrected chi connectivity index (χ1v) is 9.79. The molecule has 0 saturated heterocycles. The number of fused-ring (bicyclic) bond motifs is 1. The molecule has 1 aliphatic rings. The van der Waals surface area contributed by atoms with Gasteiger partial charge < -0.3 is 10.6 Å². The number of rotatable bonds is 4. The van der Waals surface area contributed by atoms with Gasteiger partial charge in [-0.1, -0.05) is 30.6 Å². The molecule has 138 valence electrons. The highest BCUT2D eigenvalue weighted by molar-refractivity contribution is 7.22. The number of carbonyl (C=O) groups excluding carboxylic acids is 2. The Balaban J connectivity index is 1.46. The first-order valence-electron chi connectivity index (χ1n) is 8.98. The minimum Gasteiger partial charge on any atom is -0.321 e. The van der Waals surface area contributed by atoms with E-state index in [0.717, 1.165) is 35.9 Å². The molecule has 8 heteroatoms. The Hall–Kier alpha value is -2.87. The molecular weight excluding hydrogens is 362 g/mol. The Morgan fingerprint density at radius 1 is 1.07 bits per heavy atom. The molecule has 0 aliphatic heterocycles. The lowest BCUT2D eigenvalue weighted by Gasteiger charge is -2.19. The molecule has 4 rings (SSSR count). The molecule has 7 nitrogen and oxygen atoms in total. The normalized spacial score (nSPS) is 14.8. The summed E-state index contributed by atoms with van der Waals surface area (Å²) in [6.45, 7) is 0. The van der Waals surface area contributed by atoms with Gasteiger partial charge in [-0.25, -0.2) is 9.97 Å². The van der Waals surface area contributed by atoms with Gasteiger partial charge in [-0.15, -0.1) is 0 Å². The lowest BCUT2D eigenvalue weighted by molar-refractivity contribution is -0.120. The van der Waals surface area contributed by atoms with Gasteiger partial charge in [0.15, 0.2) is 5.13 Å². The molecule has 2 N–H and O–H groups in total. The van der Waals surface area contributed by atoms with Crippen molar-refractivity contribution in [2.75, 3.05) is 10.6 Å². The summed E-state index contributed by atoms with van der Waals surface area (Å²) < 4.78 is 0.950. The largest absolute Gasteiger partial charge is 0.321 e. The van der Waals surface area contributed by atoms with Gasteiger partial charge in [0.1, 0.15) is 5.69 Å². The number of anilines is 2. The Morgan fingerprint density at radius 3 is 2.70 bits per heavy atom. The minimum atomic E-state index is -0.330. The van der Waals surface area contributed by atoms with E-state index < -0.39 is 0 Å². The van der Waals surface area contributed by atoms with Crippen molar-refractivity contribution in [1.82, 2.24) is 15.0 Å². The second-order valence-electron chi connectivity index (χ2n) is 6.57. The topological polar surface area (TPSA) is 96.9 Å². The number of hydrogen-bond acceptors (Lipinski definition) is 6. The van der Waals surface area contributed by atoms with Crippen LogP contribution in [0.15, 0.2) is 36.8 Å². The minimum absolute atomic E-state index is 0.0601. The Kier molecular flexibility index (Phi) is 5.06. The standard InChI is InChI=1S/C19H19N5O2S/c25-17(12-4-2-1-3-5-12)24-19-23-14-10-13(6-7-16(14)27-19)22-18(26)15-11-20-8-9-21-15/h6-12H,1-5H2,(H,22,26)(H,23,24,25). The van der Waals surface area contributed by atoms with E-state index in [9.17, 15) is 9.59 Å². The highest BCUT2D eigenvalue weighted by Crippen LogP contribution is 2.30. The maximum atomic E-state index is 12.4. The van der Waals surface area contributed by atoms with Crippen LogP contribution < -0.4 is 10.6 Å². The monoisotopic (exact) mass is 381 g/mol. The van der Waals surface area contributed by atoms with Crippen molar-refractivity contribution < 1.29 is 9.59 Å². The molecule has 3 aromatic rings. The van der Waals surface area contributed by atoms with Crippen molar-refractivity contribution in [1.29, 1.82) is 0 Å². The number of carbonyl (C=O) groups is 2. The van der Waals surface area contributed by atoms with Crippen LogP contribution in [0.25, 0.3) is 10.2 Å². The van der Waals surface area contributed by atoms with Crippen LogP contribution in [0.3, 0.4) is 0 Å². The van der Waals surface area contributed by atoms with Crippen molar-refractivity contribution in [2.45, 2.75) is 32.1 Å². The summed E-state index contributed by atoms with van der Waals surface area (Å²) in [6, 6.07) is 5.48. The third-order valence-electron chi connectivity index (χ3n) is 4.65. The second kappa shape index (κ2) is 7.79. The number of nitrogens with one attached hydrogen (secondary N) is 2. The van der Waals surface area contributed by atoms with E-state index >= 15 is 0 Å². The first kappa shape index (κ1) is 17.5. The van der Waals surface area contributed by atoms with Crippen molar-refractivity contribution in [3.63, 3.8) is 0 Å². The van der Waals surface area contributed by atoms with Crippen LogP contribution in [0.1, 0.15) is 42.6 Å². The molecule has 27 heavy (non-hydrogen) atoms. The van der Waals surface area contributed by atoms with E-state index in [1.165, 1.54) is 36.3 Å². The van der Waals surface area contributed by atoms with Crippen molar-refractivity contribution >= 4 is 44.2 Å². The lowest BCUT2D eigenvalue weighted by atomic mass is 9.89. The Bertz CT molecular complexity index is 967. The molecule has 0 unspecified atom stereocenters. The van der Waals surface area contributed by atoms with Gasteiger partial charge in [-0.05, 0) is 31.0 Å². The molecule has 1 aromatic carbocycles. The molecule has 1 fully saturated rings. The first-order chi connectivity index (χ1) is 13.2. The predicted octanol–water partition coefficient (Wildman–Crippen LogP) is 3.86. The summed E-state index contributed by atoms with van der Waals surface area (Å²) in [5, 5.41) is 6.33. The summed E-state index contributed by atoms with van der Waals surface area (Å²) in [7, 11) is 0.